The summed E-state index contributed by atoms with van der Waals surface area (Å²) in [5, 5.41) is 2.88. The zero-order valence-corrected chi connectivity index (χ0v) is 10.2. The van der Waals surface area contributed by atoms with E-state index in [2.05, 4.69) is 15.3 Å². The molecule has 6 heteroatoms. The van der Waals surface area contributed by atoms with Gasteiger partial charge in [-0.15, -0.1) is 0 Å². The van der Waals surface area contributed by atoms with E-state index in [1.807, 2.05) is 20.0 Å². The Morgan fingerprint density at radius 3 is 2.76 bits per heavy atom. The second-order valence-corrected chi connectivity index (χ2v) is 3.96. The van der Waals surface area contributed by atoms with E-state index in [4.69, 9.17) is 11.6 Å². The second kappa shape index (κ2) is 4.55. The Morgan fingerprint density at radius 2 is 2.18 bits per heavy atom. The van der Waals surface area contributed by atoms with Crippen LogP contribution in [0.25, 0.3) is 0 Å². The maximum Gasteiger partial charge on any atom is 0.274 e. The molecule has 1 N–H and O–H groups in total. The fourth-order valence-corrected chi connectivity index (χ4v) is 1.54. The lowest BCUT2D eigenvalue weighted by Crippen LogP contribution is -2.17. The molecule has 17 heavy (non-hydrogen) atoms. The number of hydrogen-bond acceptors (Lipinski definition) is 3. The molecule has 0 spiro atoms. The average Bonchev–Trinajstić information content (AvgIpc) is 2.60. The van der Waals surface area contributed by atoms with Crippen LogP contribution in [0.2, 0.25) is 5.15 Å². The summed E-state index contributed by atoms with van der Waals surface area (Å²) in [6, 6.07) is 5.16. The van der Waals surface area contributed by atoms with Crippen LogP contribution in [0.5, 0.6) is 0 Å². The van der Waals surface area contributed by atoms with Crippen molar-refractivity contribution in [2.45, 2.75) is 6.92 Å². The molecular formula is C11H11ClN4O. The molecule has 2 rings (SSSR count). The summed E-state index contributed by atoms with van der Waals surface area (Å²) < 4.78 is 1.79. The van der Waals surface area contributed by atoms with Gasteiger partial charge in [-0.1, -0.05) is 11.6 Å². The van der Waals surface area contributed by atoms with Gasteiger partial charge in [-0.05, 0) is 25.1 Å². The quantitative estimate of drug-likeness (QED) is 0.830. The first-order chi connectivity index (χ1) is 8.08. The largest absolute Gasteiger partial charge is 0.344 e. The number of amides is 1. The van der Waals surface area contributed by atoms with Crippen LogP contribution in [0.3, 0.4) is 0 Å². The van der Waals surface area contributed by atoms with Gasteiger partial charge in [0.15, 0.2) is 0 Å². The molecule has 0 aliphatic rings. The first kappa shape index (κ1) is 11.6. The third-order valence-electron chi connectivity index (χ3n) is 2.45. The highest BCUT2D eigenvalue weighted by atomic mass is 35.5. The zero-order chi connectivity index (χ0) is 12.4. The van der Waals surface area contributed by atoms with Crippen molar-refractivity contribution < 1.29 is 4.79 Å². The number of carbonyl (C=O) groups excluding carboxylic acids is 1. The van der Waals surface area contributed by atoms with Crippen molar-refractivity contribution >= 4 is 23.5 Å². The summed E-state index contributed by atoms with van der Waals surface area (Å²) in [4.78, 5) is 19.7. The van der Waals surface area contributed by atoms with Crippen LogP contribution < -0.4 is 5.32 Å². The number of aromatic nitrogens is 3. The standard InChI is InChI=1S/C11H11ClN4O/c1-7-3-4-8(16(7)2)10(17)15-11-13-6-5-9(12)14-11/h3-6H,1-2H3,(H,13,14,15,17). The van der Waals surface area contributed by atoms with Gasteiger partial charge in [-0.3, -0.25) is 10.1 Å². The van der Waals surface area contributed by atoms with Crippen molar-refractivity contribution in [2.75, 3.05) is 5.32 Å². The van der Waals surface area contributed by atoms with E-state index in [1.165, 1.54) is 6.20 Å². The fourth-order valence-electron chi connectivity index (χ4n) is 1.40. The number of aryl methyl sites for hydroxylation is 1. The Kier molecular flexibility index (Phi) is 3.10. The van der Waals surface area contributed by atoms with E-state index in [-0.39, 0.29) is 11.9 Å². The Bertz CT molecular complexity index is 564. The Hall–Kier alpha value is -1.88. The molecule has 2 aromatic rings. The van der Waals surface area contributed by atoms with Crippen LogP contribution in [0, 0.1) is 6.92 Å². The van der Waals surface area contributed by atoms with Crippen molar-refractivity contribution in [3.8, 4) is 0 Å². The van der Waals surface area contributed by atoms with Crippen molar-refractivity contribution in [1.29, 1.82) is 0 Å². The molecule has 88 valence electrons. The summed E-state index contributed by atoms with van der Waals surface area (Å²) in [6.45, 7) is 1.92. The van der Waals surface area contributed by atoms with Crippen molar-refractivity contribution in [1.82, 2.24) is 14.5 Å². The summed E-state index contributed by atoms with van der Waals surface area (Å²) in [7, 11) is 1.82. The van der Waals surface area contributed by atoms with E-state index in [0.717, 1.165) is 5.69 Å². The topological polar surface area (TPSA) is 59.8 Å². The van der Waals surface area contributed by atoms with Crippen LogP contribution in [-0.4, -0.2) is 20.4 Å². The van der Waals surface area contributed by atoms with E-state index >= 15 is 0 Å². The minimum atomic E-state index is -0.261. The Balaban J connectivity index is 2.20. The smallest absolute Gasteiger partial charge is 0.274 e. The molecule has 0 aromatic carbocycles. The minimum absolute atomic E-state index is 0.196. The number of nitrogens with zero attached hydrogens (tertiary/aromatic N) is 3. The number of carbonyl (C=O) groups is 1. The van der Waals surface area contributed by atoms with Gasteiger partial charge in [0.25, 0.3) is 5.91 Å². The van der Waals surface area contributed by atoms with E-state index < -0.39 is 0 Å². The summed E-state index contributed by atoms with van der Waals surface area (Å²) in [5.41, 5.74) is 1.55. The number of nitrogens with one attached hydrogen (secondary N) is 1. The Labute approximate surface area is 103 Å². The molecule has 0 saturated carbocycles. The molecule has 2 aromatic heterocycles. The van der Waals surface area contributed by atoms with Crippen molar-refractivity contribution in [2.24, 2.45) is 7.05 Å². The van der Waals surface area contributed by atoms with Crippen molar-refractivity contribution in [3.63, 3.8) is 0 Å². The third kappa shape index (κ3) is 2.45. The highest BCUT2D eigenvalue weighted by Crippen LogP contribution is 2.10. The van der Waals surface area contributed by atoms with Gasteiger partial charge in [-0.2, -0.15) is 0 Å². The molecule has 1 amide bonds. The molecule has 0 fully saturated rings. The van der Waals surface area contributed by atoms with Crippen LogP contribution in [0.1, 0.15) is 16.2 Å². The number of rotatable bonds is 2. The fraction of sp³-hybridized carbons (Fsp3) is 0.182. The minimum Gasteiger partial charge on any atom is -0.344 e. The average molecular weight is 251 g/mol. The molecule has 0 atom stereocenters. The maximum atomic E-state index is 11.9. The van der Waals surface area contributed by atoms with Gasteiger partial charge < -0.3 is 4.57 Å². The monoisotopic (exact) mass is 250 g/mol. The lowest BCUT2D eigenvalue weighted by molar-refractivity contribution is 0.101. The highest BCUT2D eigenvalue weighted by molar-refractivity contribution is 6.29. The van der Waals surface area contributed by atoms with Crippen molar-refractivity contribution in [3.05, 3.63) is 40.9 Å². The number of halogens is 1. The highest BCUT2D eigenvalue weighted by Gasteiger charge is 2.12. The lowest BCUT2D eigenvalue weighted by Gasteiger charge is -2.05. The second-order valence-electron chi connectivity index (χ2n) is 3.58. The number of hydrogen-bond donors (Lipinski definition) is 1. The molecule has 0 bridgehead atoms. The molecule has 0 saturated heterocycles. The van der Waals surface area contributed by atoms with Crippen LogP contribution in [0.4, 0.5) is 5.95 Å². The van der Waals surface area contributed by atoms with E-state index in [9.17, 15) is 4.79 Å². The third-order valence-corrected chi connectivity index (χ3v) is 2.66. The first-order valence-electron chi connectivity index (χ1n) is 5.00. The zero-order valence-electron chi connectivity index (χ0n) is 9.44. The van der Waals surface area contributed by atoms with Gasteiger partial charge in [0.1, 0.15) is 10.8 Å². The van der Waals surface area contributed by atoms with Crippen LogP contribution in [0.15, 0.2) is 24.4 Å². The molecule has 2 heterocycles. The molecule has 0 aliphatic carbocycles. The SMILES string of the molecule is Cc1ccc(C(=O)Nc2nccc(Cl)n2)n1C. The first-order valence-corrected chi connectivity index (χ1v) is 5.38. The number of anilines is 1. The van der Waals surface area contributed by atoms with Gasteiger partial charge in [0, 0.05) is 18.9 Å². The van der Waals surface area contributed by atoms with E-state index in [0.29, 0.717) is 10.8 Å². The summed E-state index contributed by atoms with van der Waals surface area (Å²) in [6.07, 6.45) is 1.49. The van der Waals surface area contributed by atoms with Gasteiger partial charge >= 0.3 is 0 Å². The van der Waals surface area contributed by atoms with Crippen LogP contribution >= 0.6 is 11.6 Å². The molecule has 0 unspecified atom stereocenters. The van der Waals surface area contributed by atoms with E-state index in [1.54, 1.807) is 16.7 Å². The summed E-state index contributed by atoms with van der Waals surface area (Å²) >= 11 is 5.70. The normalized spacial score (nSPS) is 10.3. The van der Waals surface area contributed by atoms with Crippen LogP contribution in [-0.2, 0) is 7.05 Å². The van der Waals surface area contributed by atoms with Gasteiger partial charge in [-0.25, -0.2) is 9.97 Å². The van der Waals surface area contributed by atoms with Gasteiger partial charge in [0.05, 0.1) is 0 Å². The lowest BCUT2D eigenvalue weighted by atomic mass is 10.4. The maximum absolute atomic E-state index is 11.9. The molecule has 5 nitrogen and oxygen atoms in total. The predicted molar refractivity (Wildman–Crippen MR) is 65.1 cm³/mol. The molecular weight excluding hydrogens is 240 g/mol. The Morgan fingerprint density at radius 1 is 1.41 bits per heavy atom. The molecule has 0 radical (unpaired) electrons. The predicted octanol–water partition coefficient (Wildman–Crippen LogP) is 2.03. The summed E-state index contributed by atoms with van der Waals surface area (Å²) in [5.74, 6) is -0.0655. The molecule has 0 aliphatic heterocycles. The van der Waals surface area contributed by atoms with Gasteiger partial charge in [0.2, 0.25) is 5.95 Å².